The molecule has 0 bridgehead atoms. The summed E-state index contributed by atoms with van der Waals surface area (Å²) in [5.41, 5.74) is 4.40. The monoisotopic (exact) mass is 334 g/mol. The largest absolute Gasteiger partial charge is 0.289 e. The van der Waals surface area contributed by atoms with E-state index < -0.39 is 0 Å². The van der Waals surface area contributed by atoms with Gasteiger partial charge in [-0.25, -0.2) is 0 Å². The molecule has 26 heavy (non-hydrogen) atoms. The maximum Gasteiger partial charge on any atom is 0.194 e. The summed E-state index contributed by atoms with van der Waals surface area (Å²) >= 11 is 0. The fraction of sp³-hybridized carbons (Fsp3) is 0. The Bertz CT molecular complexity index is 1200. The van der Waals surface area contributed by atoms with Gasteiger partial charge < -0.3 is 0 Å². The molecular formula is C24H14O2. The molecule has 122 valence electrons. The van der Waals surface area contributed by atoms with Crippen LogP contribution in [0.4, 0.5) is 0 Å². The molecular weight excluding hydrogens is 320 g/mol. The Balaban J connectivity index is 1.72. The number of fused-ring (bicyclic) bond motifs is 2. The fourth-order valence-corrected chi connectivity index (χ4v) is 3.76. The zero-order valence-electron chi connectivity index (χ0n) is 13.9. The Kier molecular flexibility index (Phi) is 3.13. The van der Waals surface area contributed by atoms with E-state index in [0.717, 1.165) is 21.9 Å². The van der Waals surface area contributed by atoms with Crippen LogP contribution < -0.4 is 0 Å². The molecule has 2 heteroatoms. The second kappa shape index (κ2) is 5.50. The molecule has 0 aliphatic heterocycles. The SMILES string of the molecule is O=C(c1ccccc1)c1ccc2c(c1)C(=O)c1cccc3cccc-2c13. The van der Waals surface area contributed by atoms with Gasteiger partial charge in [-0.15, -0.1) is 0 Å². The van der Waals surface area contributed by atoms with Gasteiger partial charge in [-0.1, -0.05) is 78.9 Å². The summed E-state index contributed by atoms with van der Waals surface area (Å²) in [4.78, 5) is 25.9. The van der Waals surface area contributed by atoms with Gasteiger partial charge in [0.05, 0.1) is 0 Å². The van der Waals surface area contributed by atoms with E-state index in [-0.39, 0.29) is 11.6 Å². The van der Waals surface area contributed by atoms with Gasteiger partial charge in [-0.05, 0) is 22.6 Å². The van der Waals surface area contributed by atoms with Crippen LogP contribution in [0.2, 0.25) is 0 Å². The van der Waals surface area contributed by atoms with Crippen molar-refractivity contribution < 1.29 is 9.59 Å². The Morgan fingerprint density at radius 2 is 1.31 bits per heavy atom. The molecule has 2 nitrogen and oxygen atoms in total. The highest BCUT2D eigenvalue weighted by Crippen LogP contribution is 2.39. The summed E-state index contributed by atoms with van der Waals surface area (Å²) in [5, 5.41) is 2.05. The highest BCUT2D eigenvalue weighted by atomic mass is 16.1. The lowest BCUT2D eigenvalue weighted by Crippen LogP contribution is -2.12. The summed E-state index contributed by atoms with van der Waals surface area (Å²) in [6, 6.07) is 26.4. The molecule has 0 saturated carbocycles. The minimum absolute atomic E-state index is 0.0213. The van der Waals surface area contributed by atoms with E-state index in [1.54, 1.807) is 18.2 Å². The number of carbonyl (C=O) groups excluding carboxylic acids is 2. The first kappa shape index (κ1) is 14.8. The first-order chi connectivity index (χ1) is 12.7. The molecule has 0 heterocycles. The van der Waals surface area contributed by atoms with Crippen LogP contribution in [0.25, 0.3) is 21.9 Å². The number of ketones is 2. The number of hydrogen-bond acceptors (Lipinski definition) is 2. The lowest BCUT2D eigenvalue weighted by atomic mass is 9.82. The highest BCUT2D eigenvalue weighted by Gasteiger charge is 2.26. The Morgan fingerprint density at radius 1 is 0.577 bits per heavy atom. The van der Waals surface area contributed by atoms with E-state index >= 15 is 0 Å². The van der Waals surface area contributed by atoms with Crippen molar-refractivity contribution in [1.82, 2.24) is 0 Å². The zero-order chi connectivity index (χ0) is 17.7. The summed E-state index contributed by atoms with van der Waals surface area (Å²) in [7, 11) is 0. The average molecular weight is 334 g/mol. The minimum atomic E-state index is -0.0710. The quantitative estimate of drug-likeness (QED) is 0.411. The molecule has 0 radical (unpaired) electrons. The van der Waals surface area contributed by atoms with Crippen LogP contribution in [0.1, 0.15) is 31.8 Å². The number of carbonyl (C=O) groups is 2. The van der Waals surface area contributed by atoms with Crippen molar-refractivity contribution in [3.05, 3.63) is 107 Å². The normalized spacial score (nSPS) is 12.1. The van der Waals surface area contributed by atoms with Crippen molar-refractivity contribution in [2.75, 3.05) is 0 Å². The van der Waals surface area contributed by atoms with Crippen LogP contribution in [0.3, 0.4) is 0 Å². The average Bonchev–Trinajstić information content (AvgIpc) is 2.71. The molecule has 0 unspecified atom stereocenters. The van der Waals surface area contributed by atoms with Gasteiger partial charge in [-0.3, -0.25) is 9.59 Å². The first-order valence-electron chi connectivity index (χ1n) is 8.54. The molecule has 1 aliphatic rings. The summed E-state index contributed by atoms with van der Waals surface area (Å²) in [5.74, 6) is -0.0923. The Morgan fingerprint density at radius 3 is 2.08 bits per heavy atom. The predicted octanol–water partition coefficient (Wildman–Crippen LogP) is 5.28. The molecule has 0 spiro atoms. The maximum atomic E-state index is 13.1. The number of benzene rings is 4. The summed E-state index contributed by atoms with van der Waals surface area (Å²) in [6.45, 7) is 0. The fourth-order valence-electron chi connectivity index (χ4n) is 3.76. The Hall–Kier alpha value is -3.52. The van der Waals surface area contributed by atoms with Crippen molar-refractivity contribution in [2.45, 2.75) is 0 Å². The van der Waals surface area contributed by atoms with Crippen molar-refractivity contribution >= 4 is 22.3 Å². The summed E-state index contributed by atoms with van der Waals surface area (Å²) < 4.78 is 0. The van der Waals surface area contributed by atoms with Crippen LogP contribution in [0, 0.1) is 0 Å². The van der Waals surface area contributed by atoms with Crippen molar-refractivity contribution in [3.63, 3.8) is 0 Å². The topological polar surface area (TPSA) is 34.1 Å². The third kappa shape index (κ3) is 2.06. The van der Waals surface area contributed by atoms with Gasteiger partial charge in [0.25, 0.3) is 0 Å². The maximum absolute atomic E-state index is 13.1. The summed E-state index contributed by atoms with van der Waals surface area (Å²) in [6.07, 6.45) is 0. The molecule has 0 amide bonds. The molecule has 5 rings (SSSR count). The van der Waals surface area contributed by atoms with Gasteiger partial charge in [0, 0.05) is 27.6 Å². The molecule has 0 fully saturated rings. The van der Waals surface area contributed by atoms with Crippen molar-refractivity contribution in [3.8, 4) is 11.1 Å². The molecule has 4 aromatic carbocycles. The van der Waals surface area contributed by atoms with E-state index in [2.05, 4.69) is 0 Å². The van der Waals surface area contributed by atoms with E-state index in [1.807, 2.05) is 66.7 Å². The van der Waals surface area contributed by atoms with Crippen molar-refractivity contribution in [1.29, 1.82) is 0 Å². The van der Waals surface area contributed by atoms with E-state index in [4.69, 9.17) is 0 Å². The van der Waals surface area contributed by atoms with Gasteiger partial charge in [0.1, 0.15) is 0 Å². The third-order valence-corrected chi connectivity index (χ3v) is 5.00. The third-order valence-electron chi connectivity index (χ3n) is 5.00. The molecule has 0 N–H and O–H groups in total. The first-order valence-corrected chi connectivity index (χ1v) is 8.54. The standard InChI is InChI=1S/C24H14O2/c25-23(16-6-2-1-3-7-16)17-12-13-18-19-10-4-8-15-9-5-11-20(22(15)19)24(26)21(18)14-17/h1-14H. The predicted molar refractivity (Wildman–Crippen MR) is 103 cm³/mol. The van der Waals surface area contributed by atoms with Crippen LogP contribution in [0.5, 0.6) is 0 Å². The van der Waals surface area contributed by atoms with Gasteiger partial charge in [0.2, 0.25) is 0 Å². The van der Waals surface area contributed by atoms with Crippen molar-refractivity contribution in [2.24, 2.45) is 0 Å². The van der Waals surface area contributed by atoms with Crippen LogP contribution in [-0.2, 0) is 0 Å². The van der Waals surface area contributed by atoms with E-state index in [0.29, 0.717) is 22.3 Å². The zero-order valence-corrected chi connectivity index (χ0v) is 13.9. The Labute approximate surface area is 150 Å². The molecule has 0 saturated heterocycles. The van der Waals surface area contributed by atoms with E-state index in [1.165, 1.54) is 0 Å². The van der Waals surface area contributed by atoms with E-state index in [9.17, 15) is 9.59 Å². The lowest BCUT2D eigenvalue weighted by Gasteiger charge is -2.20. The smallest absolute Gasteiger partial charge is 0.194 e. The number of rotatable bonds is 2. The van der Waals surface area contributed by atoms with Crippen LogP contribution >= 0.6 is 0 Å². The number of hydrogen-bond donors (Lipinski definition) is 0. The van der Waals surface area contributed by atoms with Gasteiger partial charge in [-0.2, -0.15) is 0 Å². The minimum Gasteiger partial charge on any atom is -0.289 e. The van der Waals surface area contributed by atoms with Crippen LogP contribution in [0.15, 0.2) is 84.9 Å². The molecule has 0 atom stereocenters. The molecule has 1 aliphatic carbocycles. The lowest BCUT2D eigenvalue weighted by molar-refractivity contribution is 0.103. The molecule has 4 aromatic rings. The van der Waals surface area contributed by atoms with Crippen LogP contribution in [-0.4, -0.2) is 11.6 Å². The second-order valence-electron chi connectivity index (χ2n) is 6.49. The highest BCUT2D eigenvalue weighted by molar-refractivity contribution is 6.26. The second-order valence-corrected chi connectivity index (χ2v) is 6.49. The van der Waals surface area contributed by atoms with Gasteiger partial charge in [0.15, 0.2) is 11.6 Å². The molecule has 0 aromatic heterocycles. The van der Waals surface area contributed by atoms with Gasteiger partial charge >= 0.3 is 0 Å².